The topological polar surface area (TPSA) is 42.4 Å². The van der Waals surface area contributed by atoms with Gasteiger partial charge in [-0.15, -0.1) is 11.3 Å². The fraction of sp³-hybridized carbons (Fsp3) is 0.231. The molecular weight excluding hydrogens is 284 g/mol. The summed E-state index contributed by atoms with van der Waals surface area (Å²) in [5.41, 5.74) is 0.743. The molecule has 0 amide bonds. The average molecular weight is 297 g/mol. The molecule has 0 unspecified atom stereocenters. The van der Waals surface area contributed by atoms with Crippen molar-refractivity contribution in [2.45, 2.75) is 6.92 Å². The molecule has 19 heavy (non-hydrogen) atoms. The molecule has 100 valence electrons. The Labute approximate surface area is 120 Å². The van der Waals surface area contributed by atoms with Crippen LogP contribution in [0.5, 0.6) is 0 Å². The van der Waals surface area contributed by atoms with Gasteiger partial charge in [0.1, 0.15) is 6.54 Å². The summed E-state index contributed by atoms with van der Waals surface area (Å²) in [5, 5.41) is 3.13. The number of rotatable bonds is 5. The molecule has 2 rings (SSSR count). The van der Waals surface area contributed by atoms with Gasteiger partial charge in [-0.1, -0.05) is 23.7 Å². The molecule has 0 spiro atoms. The van der Waals surface area contributed by atoms with E-state index in [4.69, 9.17) is 16.3 Å². The van der Waals surface area contributed by atoms with Gasteiger partial charge >= 0.3 is 5.97 Å². The Morgan fingerprint density at radius 2 is 2.26 bits per heavy atom. The molecule has 0 aliphatic heterocycles. The maximum atomic E-state index is 11.7. The minimum absolute atomic E-state index is 0.0884. The number of hydrogen-bond acceptors (Lipinski definition) is 5. The van der Waals surface area contributed by atoms with Crippen LogP contribution in [0.15, 0.2) is 35.8 Å². The van der Waals surface area contributed by atoms with Gasteiger partial charge in [0.2, 0.25) is 0 Å². The lowest BCUT2D eigenvalue weighted by molar-refractivity contribution is -0.141. The molecule has 0 radical (unpaired) electrons. The predicted molar refractivity (Wildman–Crippen MR) is 77.2 cm³/mol. The zero-order valence-electron chi connectivity index (χ0n) is 10.4. The van der Waals surface area contributed by atoms with E-state index in [2.05, 4.69) is 4.98 Å². The number of para-hydroxylation sites is 1. The number of halogens is 1. The monoisotopic (exact) mass is 296 g/mol. The number of aromatic nitrogens is 1. The summed E-state index contributed by atoms with van der Waals surface area (Å²) in [6, 6.07) is 7.34. The Morgan fingerprint density at radius 1 is 1.47 bits per heavy atom. The molecule has 1 heterocycles. The van der Waals surface area contributed by atoms with Crippen molar-refractivity contribution in [1.82, 2.24) is 4.98 Å². The number of carbonyl (C=O) groups is 1. The first-order valence-electron chi connectivity index (χ1n) is 5.79. The number of carbonyl (C=O) groups excluding carboxylic acids is 1. The molecule has 0 atom stereocenters. The lowest BCUT2D eigenvalue weighted by Gasteiger charge is -2.21. The molecule has 2 aromatic rings. The largest absolute Gasteiger partial charge is 0.465 e. The van der Waals surface area contributed by atoms with Gasteiger partial charge in [-0.05, 0) is 19.1 Å². The van der Waals surface area contributed by atoms with Crippen LogP contribution < -0.4 is 4.90 Å². The first-order chi connectivity index (χ1) is 9.22. The molecule has 0 N–H and O–H groups in total. The van der Waals surface area contributed by atoms with E-state index in [1.807, 2.05) is 23.6 Å². The van der Waals surface area contributed by atoms with Crippen molar-refractivity contribution in [1.29, 1.82) is 0 Å². The van der Waals surface area contributed by atoms with E-state index in [1.54, 1.807) is 24.1 Å². The molecule has 0 fully saturated rings. The highest BCUT2D eigenvalue weighted by Gasteiger charge is 2.18. The van der Waals surface area contributed by atoms with E-state index in [-0.39, 0.29) is 12.5 Å². The first kappa shape index (κ1) is 13.8. The molecule has 0 saturated heterocycles. The predicted octanol–water partition coefficient (Wildman–Crippen LogP) is 3.50. The van der Waals surface area contributed by atoms with Crippen LogP contribution in [0.1, 0.15) is 6.92 Å². The van der Waals surface area contributed by atoms with Crippen molar-refractivity contribution in [2.75, 3.05) is 18.1 Å². The summed E-state index contributed by atoms with van der Waals surface area (Å²) in [5.74, 6) is -0.308. The minimum atomic E-state index is -0.308. The second-order valence-electron chi connectivity index (χ2n) is 3.66. The van der Waals surface area contributed by atoms with E-state index in [1.165, 1.54) is 11.3 Å². The Morgan fingerprint density at radius 3 is 2.89 bits per heavy atom. The fourth-order valence-electron chi connectivity index (χ4n) is 1.61. The molecule has 0 saturated carbocycles. The van der Waals surface area contributed by atoms with Crippen LogP contribution in [0.4, 0.5) is 10.8 Å². The lowest BCUT2D eigenvalue weighted by atomic mass is 10.3. The molecule has 1 aromatic carbocycles. The standard InChI is InChI=1S/C13H13ClN2O2S/c1-2-18-12(17)9-16(13-15-7-8-19-13)11-6-4-3-5-10(11)14/h3-8H,2,9H2,1H3. The number of esters is 1. The number of hydrogen-bond donors (Lipinski definition) is 0. The summed E-state index contributed by atoms with van der Waals surface area (Å²) in [4.78, 5) is 17.7. The Balaban J connectivity index is 2.30. The normalized spacial score (nSPS) is 10.2. The Kier molecular flexibility index (Phi) is 4.76. The molecule has 0 aliphatic carbocycles. The van der Waals surface area contributed by atoms with E-state index >= 15 is 0 Å². The van der Waals surface area contributed by atoms with Crippen molar-refractivity contribution >= 4 is 39.7 Å². The summed E-state index contributed by atoms with van der Waals surface area (Å²) < 4.78 is 4.98. The lowest BCUT2D eigenvalue weighted by Crippen LogP contribution is -2.27. The molecule has 4 nitrogen and oxygen atoms in total. The molecule has 1 aromatic heterocycles. The van der Waals surface area contributed by atoms with Gasteiger partial charge in [0, 0.05) is 11.6 Å². The van der Waals surface area contributed by atoms with Gasteiger partial charge in [-0.2, -0.15) is 0 Å². The SMILES string of the molecule is CCOC(=O)CN(c1nccs1)c1ccccc1Cl. The average Bonchev–Trinajstić information content (AvgIpc) is 2.91. The van der Waals surface area contributed by atoms with Crippen molar-refractivity contribution in [3.63, 3.8) is 0 Å². The molecule has 6 heteroatoms. The van der Waals surface area contributed by atoms with Crippen molar-refractivity contribution in [3.05, 3.63) is 40.9 Å². The van der Waals surface area contributed by atoms with Crippen LogP contribution in [-0.2, 0) is 9.53 Å². The smallest absolute Gasteiger partial charge is 0.326 e. The van der Waals surface area contributed by atoms with E-state index < -0.39 is 0 Å². The summed E-state index contributed by atoms with van der Waals surface area (Å²) in [6.45, 7) is 2.22. The highest BCUT2D eigenvalue weighted by molar-refractivity contribution is 7.13. The van der Waals surface area contributed by atoms with Crippen LogP contribution in [0, 0.1) is 0 Å². The maximum Gasteiger partial charge on any atom is 0.326 e. The number of anilines is 2. The maximum absolute atomic E-state index is 11.7. The van der Waals surface area contributed by atoms with Crippen LogP contribution >= 0.6 is 22.9 Å². The van der Waals surface area contributed by atoms with Gasteiger partial charge in [0.25, 0.3) is 0 Å². The summed E-state index contributed by atoms with van der Waals surface area (Å²) >= 11 is 7.62. The highest BCUT2D eigenvalue weighted by atomic mass is 35.5. The zero-order chi connectivity index (χ0) is 13.7. The van der Waals surface area contributed by atoms with Crippen LogP contribution in [-0.4, -0.2) is 24.1 Å². The van der Waals surface area contributed by atoms with Crippen molar-refractivity contribution in [2.24, 2.45) is 0 Å². The van der Waals surface area contributed by atoms with E-state index in [9.17, 15) is 4.79 Å². The number of thiazole rings is 1. The third-order valence-corrected chi connectivity index (χ3v) is 3.50. The van der Waals surface area contributed by atoms with E-state index in [0.29, 0.717) is 16.8 Å². The van der Waals surface area contributed by atoms with Gasteiger partial charge in [-0.25, -0.2) is 4.98 Å². The minimum Gasteiger partial charge on any atom is -0.465 e. The van der Waals surface area contributed by atoms with Gasteiger partial charge in [0.05, 0.1) is 17.3 Å². The number of ether oxygens (including phenoxy) is 1. The summed E-state index contributed by atoms with van der Waals surface area (Å²) in [6.07, 6.45) is 1.69. The van der Waals surface area contributed by atoms with Crippen molar-refractivity contribution in [3.8, 4) is 0 Å². The second kappa shape index (κ2) is 6.54. The van der Waals surface area contributed by atoms with Crippen LogP contribution in [0.3, 0.4) is 0 Å². The van der Waals surface area contributed by atoms with E-state index in [0.717, 1.165) is 5.69 Å². The summed E-state index contributed by atoms with van der Waals surface area (Å²) in [7, 11) is 0. The molecule has 0 bridgehead atoms. The Bertz CT molecular complexity index is 545. The first-order valence-corrected chi connectivity index (χ1v) is 7.05. The molecular formula is C13H13ClN2O2S. The number of benzene rings is 1. The zero-order valence-corrected chi connectivity index (χ0v) is 11.9. The molecule has 0 aliphatic rings. The quantitative estimate of drug-likeness (QED) is 0.792. The third-order valence-electron chi connectivity index (χ3n) is 2.39. The van der Waals surface area contributed by atoms with Gasteiger partial charge in [-0.3, -0.25) is 4.79 Å². The second-order valence-corrected chi connectivity index (χ2v) is 4.94. The van der Waals surface area contributed by atoms with Crippen LogP contribution in [0.2, 0.25) is 5.02 Å². The van der Waals surface area contributed by atoms with Gasteiger partial charge in [0.15, 0.2) is 5.13 Å². The Hall–Kier alpha value is -1.59. The highest BCUT2D eigenvalue weighted by Crippen LogP contribution is 2.32. The number of nitrogens with zero attached hydrogens (tertiary/aromatic N) is 2. The van der Waals surface area contributed by atoms with Crippen LogP contribution in [0.25, 0.3) is 0 Å². The van der Waals surface area contributed by atoms with Crippen molar-refractivity contribution < 1.29 is 9.53 Å². The van der Waals surface area contributed by atoms with Gasteiger partial charge < -0.3 is 9.64 Å². The fourth-order valence-corrected chi connectivity index (χ4v) is 2.50. The third kappa shape index (κ3) is 3.45.